The molecule has 0 bridgehead atoms. The Kier molecular flexibility index (Phi) is 4.09. The molecule has 0 atom stereocenters. The van der Waals surface area contributed by atoms with Gasteiger partial charge in [0.1, 0.15) is 0 Å². The summed E-state index contributed by atoms with van der Waals surface area (Å²) >= 11 is 0. The van der Waals surface area contributed by atoms with E-state index in [0.29, 0.717) is 17.7 Å². The highest BCUT2D eigenvalue weighted by Crippen LogP contribution is 2.19. The molecule has 6 heteroatoms. The number of rotatable bonds is 5. The van der Waals surface area contributed by atoms with E-state index in [2.05, 4.69) is 20.6 Å². The SMILES string of the molecule is O=C(NCc1ccncc1)c1cncc(C(=O)NC2CC2)c1. The van der Waals surface area contributed by atoms with Crippen molar-refractivity contribution in [3.63, 3.8) is 0 Å². The van der Waals surface area contributed by atoms with Crippen LogP contribution in [0.4, 0.5) is 0 Å². The van der Waals surface area contributed by atoms with E-state index in [1.807, 2.05) is 12.1 Å². The lowest BCUT2D eigenvalue weighted by molar-refractivity contribution is 0.0950. The van der Waals surface area contributed by atoms with Gasteiger partial charge in [0.2, 0.25) is 0 Å². The summed E-state index contributed by atoms with van der Waals surface area (Å²) in [6.07, 6.45) is 8.31. The Bertz CT molecular complexity index is 684. The molecule has 2 aromatic heterocycles. The molecule has 2 N–H and O–H groups in total. The lowest BCUT2D eigenvalue weighted by Crippen LogP contribution is -2.27. The molecule has 2 heterocycles. The Morgan fingerprint density at radius 1 is 1.05 bits per heavy atom. The molecule has 0 spiro atoms. The quantitative estimate of drug-likeness (QED) is 0.871. The van der Waals surface area contributed by atoms with Crippen molar-refractivity contribution in [3.8, 4) is 0 Å². The normalized spacial score (nSPS) is 13.5. The fourth-order valence-electron chi connectivity index (χ4n) is 1.97. The van der Waals surface area contributed by atoms with Crippen LogP contribution in [0.5, 0.6) is 0 Å². The summed E-state index contributed by atoms with van der Waals surface area (Å²) in [5.41, 5.74) is 1.74. The third-order valence-corrected chi connectivity index (χ3v) is 3.38. The number of nitrogens with one attached hydrogen (secondary N) is 2. The molecule has 112 valence electrons. The summed E-state index contributed by atoms with van der Waals surface area (Å²) < 4.78 is 0. The lowest BCUT2D eigenvalue weighted by Gasteiger charge is -2.07. The van der Waals surface area contributed by atoms with E-state index < -0.39 is 0 Å². The van der Waals surface area contributed by atoms with E-state index >= 15 is 0 Å². The Balaban J connectivity index is 1.63. The maximum atomic E-state index is 12.1. The van der Waals surface area contributed by atoms with Crippen molar-refractivity contribution in [1.82, 2.24) is 20.6 Å². The fraction of sp³-hybridized carbons (Fsp3) is 0.250. The van der Waals surface area contributed by atoms with Gasteiger partial charge in [-0.25, -0.2) is 0 Å². The summed E-state index contributed by atoms with van der Waals surface area (Å²) in [6, 6.07) is 5.50. The first-order chi connectivity index (χ1) is 10.7. The van der Waals surface area contributed by atoms with Crippen molar-refractivity contribution >= 4 is 11.8 Å². The molecule has 0 aromatic carbocycles. The first-order valence-electron chi connectivity index (χ1n) is 7.15. The van der Waals surface area contributed by atoms with Crippen LogP contribution >= 0.6 is 0 Å². The molecular weight excluding hydrogens is 280 g/mol. The van der Waals surface area contributed by atoms with E-state index in [1.165, 1.54) is 12.4 Å². The smallest absolute Gasteiger partial charge is 0.253 e. The van der Waals surface area contributed by atoms with Gasteiger partial charge in [0, 0.05) is 37.4 Å². The molecular formula is C16H16N4O2. The number of hydrogen-bond donors (Lipinski definition) is 2. The van der Waals surface area contributed by atoms with Crippen molar-refractivity contribution in [2.75, 3.05) is 0 Å². The van der Waals surface area contributed by atoms with Crippen molar-refractivity contribution in [2.45, 2.75) is 25.4 Å². The third kappa shape index (κ3) is 3.66. The molecule has 2 amide bonds. The van der Waals surface area contributed by atoms with Crippen molar-refractivity contribution in [2.24, 2.45) is 0 Å². The lowest BCUT2D eigenvalue weighted by atomic mass is 10.2. The molecule has 1 saturated carbocycles. The number of nitrogens with zero attached hydrogens (tertiary/aromatic N) is 2. The third-order valence-electron chi connectivity index (χ3n) is 3.38. The molecule has 0 unspecified atom stereocenters. The molecule has 22 heavy (non-hydrogen) atoms. The van der Waals surface area contributed by atoms with Gasteiger partial charge in [0.05, 0.1) is 11.1 Å². The summed E-state index contributed by atoms with van der Waals surface area (Å²) in [7, 11) is 0. The summed E-state index contributed by atoms with van der Waals surface area (Å²) in [5.74, 6) is -0.441. The zero-order chi connectivity index (χ0) is 15.4. The molecule has 3 rings (SSSR count). The number of aromatic nitrogens is 2. The van der Waals surface area contributed by atoms with E-state index in [9.17, 15) is 9.59 Å². The van der Waals surface area contributed by atoms with E-state index in [1.54, 1.807) is 18.5 Å². The van der Waals surface area contributed by atoms with Gasteiger partial charge in [-0.1, -0.05) is 0 Å². The second-order valence-electron chi connectivity index (χ2n) is 5.25. The van der Waals surface area contributed by atoms with E-state index in [4.69, 9.17) is 0 Å². The Morgan fingerprint density at radius 2 is 1.73 bits per heavy atom. The van der Waals surface area contributed by atoms with E-state index in [0.717, 1.165) is 18.4 Å². The average Bonchev–Trinajstić information content (AvgIpc) is 3.37. The highest BCUT2D eigenvalue weighted by atomic mass is 16.2. The molecule has 0 saturated heterocycles. The molecule has 6 nitrogen and oxygen atoms in total. The maximum Gasteiger partial charge on any atom is 0.253 e. The Labute approximate surface area is 128 Å². The molecule has 1 aliphatic rings. The van der Waals surface area contributed by atoms with Gasteiger partial charge in [-0.2, -0.15) is 0 Å². The number of hydrogen-bond acceptors (Lipinski definition) is 4. The van der Waals surface area contributed by atoms with Gasteiger partial charge in [-0.15, -0.1) is 0 Å². The fourth-order valence-corrected chi connectivity index (χ4v) is 1.97. The summed E-state index contributed by atoms with van der Waals surface area (Å²) in [5, 5.41) is 5.67. The predicted octanol–water partition coefficient (Wildman–Crippen LogP) is 1.30. The first-order valence-corrected chi connectivity index (χ1v) is 7.15. The van der Waals surface area contributed by atoms with Crippen LogP contribution in [0, 0.1) is 0 Å². The van der Waals surface area contributed by atoms with Gasteiger partial charge in [0.15, 0.2) is 0 Å². The van der Waals surface area contributed by atoms with Crippen LogP contribution in [0.15, 0.2) is 43.0 Å². The molecule has 1 fully saturated rings. The zero-order valence-corrected chi connectivity index (χ0v) is 12.0. The minimum atomic E-state index is -0.259. The summed E-state index contributed by atoms with van der Waals surface area (Å²) in [6.45, 7) is 0.403. The monoisotopic (exact) mass is 296 g/mol. The molecule has 2 aromatic rings. The second kappa shape index (κ2) is 6.34. The molecule has 1 aliphatic carbocycles. The Hall–Kier alpha value is -2.76. The van der Waals surface area contributed by atoms with Gasteiger partial charge >= 0.3 is 0 Å². The van der Waals surface area contributed by atoms with E-state index in [-0.39, 0.29) is 17.9 Å². The molecule has 0 aliphatic heterocycles. The topological polar surface area (TPSA) is 84.0 Å². The van der Waals surface area contributed by atoms with Crippen LogP contribution in [-0.4, -0.2) is 27.8 Å². The number of amides is 2. The van der Waals surface area contributed by atoms with Gasteiger partial charge in [-0.3, -0.25) is 19.6 Å². The number of pyridine rings is 2. The summed E-state index contributed by atoms with van der Waals surface area (Å²) in [4.78, 5) is 32.0. The number of carbonyl (C=O) groups is 2. The zero-order valence-electron chi connectivity index (χ0n) is 12.0. The highest BCUT2D eigenvalue weighted by molar-refractivity contribution is 5.99. The number of carbonyl (C=O) groups excluding carboxylic acids is 2. The standard InChI is InChI=1S/C16H16N4O2/c21-15(19-8-11-3-5-17-6-4-11)12-7-13(10-18-9-12)16(22)20-14-1-2-14/h3-7,9-10,14H,1-2,8H2,(H,19,21)(H,20,22). The van der Waals surface area contributed by atoms with Crippen LogP contribution in [0.1, 0.15) is 39.1 Å². The van der Waals surface area contributed by atoms with Crippen LogP contribution in [0.25, 0.3) is 0 Å². The largest absolute Gasteiger partial charge is 0.349 e. The maximum absolute atomic E-state index is 12.1. The van der Waals surface area contributed by atoms with Crippen molar-refractivity contribution in [1.29, 1.82) is 0 Å². The molecule has 0 radical (unpaired) electrons. The minimum absolute atomic E-state index is 0.182. The average molecular weight is 296 g/mol. The van der Waals surface area contributed by atoms with Gasteiger partial charge in [-0.05, 0) is 36.6 Å². The van der Waals surface area contributed by atoms with Crippen LogP contribution in [0.3, 0.4) is 0 Å². The van der Waals surface area contributed by atoms with Crippen molar-refractivity contribution in [3.05, 3.63) is 59.7 Å². The Morgan fingerprint density at radius 3 is 2.41 bits per heavy atom. The van der Waals surface area contributed by atoms with Gasteiger partial charge < -0.3 is 10.6 Å². The van der Waals surface area contributed by atoms with Crippen LogP contribution in [0.2, 0.25) is 0 Å². The van der Waals surface area contributed by atoms with Gasteiger partial charge in [0.25, 0.3) is 11.8 Å². The second-order valence-corrected chi connectivity index (χ2v) is 5.25. The highest BCUT2D eigenvalue weighted by Gasteiger charge is 2.24. The van der Waals surface area contributed by atoms with Crippen molar-refractivity contribution < 1.29 is 9.59 Å². The minimum Gasteiger partial charge on any atom is -0.349 e. The van der Waals surface area contributed by atoms with Crippen LogP contribution < -0.4 is 10.6 Å². The first kappa shape index (κ1) is 14.2. The van der Waals surface area contributed by atoms with Crippen LogP contribution in [-0.2, 0) is 6.54 Å². The predicted molar refractivity (Wildman–Crippen MR) is 80.1 cm³/mol.